The zero-order valence-corrected chi connectivity index (χ0v) is 11.5. The molecule has 2 unspecified atom stereocenters. The number of rotatable bonds is 5. The molecule has 5 heteroatoms. The van der Waals surface area contributed by atoms with E-state index in [0.717, 1.165) is 22.3 Å². The molecule has 0 bridgehead atoms. The van der Waals surface area contributed by atoms with Gasteiger partial charge in [-0.1, -0.05) is 13.3 Å². The van der Waals surface area contributed by atoms with Gasteiger partial charge in [0.25, 0.3) is 0 Å². The average Bonchev–Trinajstić information content (AvgIpc) is 2.45. The highest BCUT2D eigenvalue weighted by Crippen LogP contribution is 2.22. The molecule has 0 aromatic carbocycles. The maximum Gasteiger partial charge on any atom is 0.0854 e. The van der Waals surface area contributed by atoms with Gasteiger partial charge in [-0.05, 0) is 29.3 Å². The van der Waals surface area contributed by atoms with Crippen molar-refractivity contribution >= 4 is 15.9 Å². The van der Waals surface area contributed by atoms with Crippen LogP contribution in [-0.2, 0) is 13.5 Å². The van der Waals surface area contributed by atoms with Crippen molar-refractivity contribution in [2.24, 2.45) is 7.05 Å². The van der Waals surface area contributed by atoms with Crippen LogP contribution in [0.3, 0.4) is 0 Å². The SMILES string of the molecule is CCCC(O)C(O)Cc1c(Br)c(C)nn1C. The number of hydrogen-bond donors (Lipinski definition) is 2. The van der Waals surface area contributed by atoms with Crippen molar-refractivity contribution in [1.82, 2.24) is 9.78 Å². The molecule has 1 rings (SSSR count). The molecule has 0 radical (unpaired) electrons. The summed E-state index contributed by atoms with van der Waals surface area (Å²) in [6, 6.07) is 0. The second-order valence-corrected chi connectivity index (χ2v) is 4.89. The molecule has 2 atom stereocenters. The number of aryl methyl sites for hydroxylation is 2. The van der Waals surface area contributed by atoms with Gasteiger partial charge >= 0.3 is 0 Å². The van der Waals surface area contributed by atoms with E-state index in [1.165, 1.54) is 0 Å². The second-order valence-electron chi connectivity index (χ2n) is 4.10. The van der Waals surface area contributed by atoms with Gasteiger partial charge in [0.2, 0.25) is 0 Å². The summed E-state index contributed by atoms with van der Waals surface area (Å²) >= 11 is 3.44. The minimum atomic E-state index is -0.731. The Morgan fingerprint density at radius 1 is 1.38 bits per heavy atom. The maximum atomic E-state index is 9.85. The number of halogens is 1. The van der Waals surface area contributed by atoms with Gasteiger partial charge < -0.3 is 10.2 Å². The van der Waals surface area contributed by atoms with Crippen molar-refractivity contribution in [1.29, 1.82) is 0 Å². The molecule has 16 heavy (non-hydrogen) atoms. The van der Waals surface area contributed by atoms with Crippen LogP contribution in [0.4, 0.5) is 0 Å². The number of aliphatic hydroxyl groups excluding tert-OH is 2. The Labute approximate surface area is 104 Å². The average molecular weight is 291 g/mol. The van der Waals surface area contributed by atoms with E-state index in [-0.39, 0.29) is 0 Å². The third-order valence-electron chi connectivity index (χ3n) is 2.69. The fraction of sp³-hybridized carbons (Fsp3) is 0.727. The molecule has 0 fully saturated rings. The predicted molar refractivity (Wildman–Crippen MR) is 66.3 cm³/mol. The van der Waals surface area contributed by atoms with Crippen molar-refractivity contribution in [2.75, 3.05) is 0 Å². The molecule has 1 aromatic rings. The molecule has 92 valence electrons. The van der Waals surface area contributed by atoms with Crippen LogP contribution in [0.25, 0.3) is 0 Å². The van der Waals surface area contributed by atoms with Crippen LogP contribution in [0.5, 0.6) is 0 Å². The third-order valence-corrected chi connectivity index (χ3v) is 3.72. The first-order valence-corrected chi connectivity index (χ1v) is 6.30. The Kier molecular flexibility index (Phi) is 4.95. The van der Waals surface area contributed by atoms with Crippen molar-refractivity contribution in [3.63, 3.8) is 0 Å². The van der Waals surface area contributed by atoms with Gasteiger partial charge in [0.1, 0.15) is 0 Å². The van der Waals surface area contributed by atoms with Gasteiger partial charge in [-0.15, -0.1) is 0 Å². The highest BCUT2D eigenvalue weighted by Gasteiger charge is 2.20. The third kappa shape index (κ3) is 3.06. The van der Waals surface area contributed by atoms with E-state index in [0.29, 0.717) is 12.8 Å². The summed E-state index contributed by atoms with van der Waals surface area (Å²) in [5, 5.41) is 23.8. The van der Waals surface area contributed by atoms with Crippen molar-refractivity contribution in [3.05, 3.63) is 15.9 Å². The largest absolute Gasteiger partial charge is 0.390 e. The standard InChI is InChI=1S/C11H19BrN2O2/c1-4-5-9(15)10(16)6-8-11(12)7(2)13-14(8)3/h9-10,15-16H,4-6H2,1-3H3. The summed E-state index contributed by atoms with van der Waals surface area (Å²) in [4.78, 5) is 0. The molecule has 0 amide bonds. The molecular weight excluding hydrogens is 272 g/mol. The van der Waals surface area contributed by atoms with Crippen LogP contribution in [0.15, 0.2) is 4.47 Å². The van der Waals surface area contributed by atoms with E-state index in [1.54, 1.807) is 4.68 Å². The summed E-state index contributed by atoms with van der Waals surface area (Å²) in [6.07, 6.45) is 0.511. The summed E-state index contributed by atoms with van der Waals surface area (Å²) in [6.45, 7) is 3.89. The Morgan fingerprint density at radius 2 is 2.00 bits per heavy atom. The summed E-state index contributed by atoms with van der Waals surface area (Å²) < 4.78 is 2.65. The Balaban J connectivity index is 2.72. The molecule has 0 saturated heterocycles. The zero-order chi connectivity index (χ0) is 12.3. The zero-order valence-electron chi connectivity index (χ0n) is 9.94. The first-order chi connectivity index (χ1) is 7.47. The van der Waals surface area contributed by atoms with Crippen LogP contribution in [0.1, 0.15) is 31.2 Å². The molecule has 0 aliphatic rings. The summed E-state index contributed by atoms with van der Waals surface area (Å²) in [7, 11) is 1.84. The molecule has 1 aromatic heterocycles. The fourth-order valence-corrected chi connectivity index (χ4v) is 2.22. The lowest BCUT2D eigenvalue weighted by Crippen LogP contribution is -2.28. The lowest BCUT2D eigenvalue weighted by molar-refractivity contribution is 0.0137. The minimum Gasteiger partial charge on any atom is -0.390 e. The predicted octanol–water partition coefficient (Wildman–Crippen LogP) is 1.56. The quantitative estimate of drug-likeness (QED) is 0.865. The van der Waals surface area contributed by atoms with E-state index in [9.17, 15) is 10.2 Å². The Hall–Kier alpha value is -0.390. The Morgan fingerprint density at radius 3 is 2.44 bits per heavy atom. The molecule has 1 heterocycles. The summed E-state index contributed by atoms with van der Waals surface area (Å²) in [5.41, 5.74) is 1.81. The van der Waals surface area contributed by atoms with Crippen LogP contribution in [0, 0.1) is 6.92 Å². The van der Waals surface area contributed by atoms with Gasteiger partial charge in [0.15, 0.2) is 0 Å². The highest BCUT2D eigenvalue weighted by atomic mass is 79.9. The van der Waals surface area contributed by atoms with Gasteiger partial charge in [0.05, 0.1) is 28.1 Å². The molecule has 0 saturated carbocycles. The second kappa shape index (κ2) is 5.80. The maximum absolute atomic E-state index is 9.85. The Bertz CT molecular complexity index is 352. The van der Waals surface area contributed by atoms with Crippen LogP contribution >= 0.6 is 15.9 Å². The first kappa shape index (κ1) is 13.7. The molecule has 2 N–H and O–H groups in total. The highest BCUT2D eigenvalue weighted by molar-refractivity contribution is 9.10. The van der Waals surface area contributed by atoms with Gasteiger partial charge in [-0.3, -0.25) is 4.68 Å². The van der Waals surface area contributed by atoms with Crippen LogP contribution in [0.2, 0.25) is 0 Å². The normalized spacial score (nSPS) is 15.1. The molecule has 4 nitrogen and oxygen atoms in total. The molecule has 0 aliphatic heterocycles. The number of hydrogen-bond acceptors (Lipinski definition) is 3. The van der Waals surface area contributed by atoms with Gasteiger partial charge in [-0.25, -0.2) is 0 Å². The first-order valence-electron chi connectivity index (χ1n) is 5.51. The smallest absolute Gasteiger partial charge is 0.0854 e. The number of aromatic nitrogens is 2. The number of nitrogens with zero attached hydrogens (tertiary/aromatic N) is 2. The number of aliphatic hydroxyl groups is 2. The van der Waals surface area contributed by atoms with E-state index in [1.807, 2.05) is 20.9 Å². The molecular formula is C11H19BrN2O2. The van der Waals surface area contributed by atoms with E-state index >= 15 is 0 Å². The van der Waals surface area contributed by atoms with Crippen LogP contribution < -0.4 is 0 Å². The van der Waals surface area contributed by atoms with Gasteiger partial charge in [0, 0.05) is 13.5 Å². The molecule has 0 aliphatic carbocycles. The van der Waals surface area contributed by atoms with Gasteiger partial charge in [-0.2, -0.15) is 5.10 Å². The lowest BCUT2D eigenvalue weighted by Gasteiger charge is -2.17. The van der Waals surface area contributed by atoms with E-state index in [4.69, 9.17) is 0 Å². The van der Waals surface area contributed by atoms with Crippen molar-refractivity contribution in [2.45, 2.75) is 45.3 Å². The lowest BCUT2D eigenvalue weighted by atomic mass is 10.0. The van der Waals surface area contributed by atoms with Crippen LogP contribution in [-0.4, -0.2) is 32.2 Å². The molecule has 0 spiro atoms. The summed E-state index contributed by atoms with van der Waals surface area (Å²) in [5.74, 6) is 0. The van der Waals surface area contributed by atoms with E-state index in [2.05, 4.69) is 21.0 Å². The van der Waals surface area contributed by atoms with Crippen molar-refractivity contribution < 1.29 is 10.2 Å². The monoisotopic (exact) mass is 290 g/mol. The topological polar surface area (TPSA) is 58.3 Å². The fourth-order valence-electron chi connectivity index (χ4n) is 1.72. The van der Waals surface area contributed by atoms with E-state index < -0.39 is 12.2 Å². The minimum absolute atomic E-state index is 0.416. The van der Waals surface area contributed by atoms with Crippen molar-refractivity contribution in [3.8, 4) is 0 Å².